The first kappa shape index (κ1) is 13.7. The van der Waals surface area contributed by atoms with E-state index in [9.17, 15) is 0 Å². The number of fused-ring (bicyclic) bond motifs is 1. The van der Waals surface area contributed by atoms with Crippen LogP contribution >= 0.6 is 0 Å². The second kappa shape index (κ2) is 5.61. The fourth-order valence-corrected chi connectivity index (χ4v) is 3.88. The molecule has 3 rings (SSSR count). The molecule has 1 saturated carbocycles. The Balaban J connectivity index is 2.03. The maximum Gasteiger partial charge on any atom is 0.0513 e. The van der Waals surface area contributed by atoms with Crippen molar-refractivity contribution in [2.24, 2.45) is 18.7 Å². The zero-order valence-electron chi connectivity index (χ0n) is 12.7. The third-order valence-corrected chi connectivity index (χ3v) is 5.01. The lowest BCUT2D eigenvalue weighted by Crippen LogP contribution is -2.23. The molecule has 1 aromatic carbocycles. The van der Waals surface area contributed by atoms with Gasteiger partial charge in [0.2, 0.25) is 0 Å². The van der Waals surface area contributed by atoms with Gasteiger partial charge in [-0.05, 0) is 36.3 Å². The van der Waals surface area contributed by atoms with Crippen molar-refractivity contribution in [2.45, 2.75) is 51.5 Å². The molecule has 1 aliphatic carbocycles. The van der Waals surface area contributed by atoms with E-state index in [-0.39, 0.29) is 6.04 Å². The molecule has 2 nitrogen and oxygen atoms in total. The number of nitrogens with zero attached hydrogens (tertiary/aromatic N) is 1. The Morgan fingerprint density at radius 1 is 1.25 bits per heavy atom. The topological polar surface area (TPSA) is 30.9 Å². The number of hydrogen-bond donors (Lipinski definition) is 1. The number of aromatic nitrogens is 1. The van der Waals surface area contributed by atoms with E-state index >= 15 is 0 Å². The molecule has 0 bridgehead atoms. The molecule has 1 atom stereocenters. The van der Waals surface area contributed by atoms with Gasteiger partial charge in [0.25, 0.3) is 0 Å². The predicted octanol–water partition coefficient (Wildman–Crippen LogP) is 4.32. The third-order valence-electron chi connectivity index (χ3n) is 5.01. The third kappa shape index (κ3) is 2.26. The van der Waals surface area contributed by atoms with Crippen molar-refractivity contribution in [3.63, 3.8) is 0 Å². The van der Waals surface area contributed by atoms with Gasteiger partial charge in [-0.15, -0.1) is 0 Å². The van der Waals surface area contributed by atoms with Crippen LogP contribution in [0.1, 0.15) is 56.2 Å². The highest BCUT2D eigenvalue weighted by atomic mass is 14.9. The van der Waals surface area contributed by atoms with Crippen molar-refractivity contribution in [3.05, 3.63) is 35.5 Å². The lowest BCUT2D eigenvalue weighted by atomic mass is 9.81. The normalized spacial score (nSPS) is 18.6. The minimum atomic E-state index is 0.200. The molecule has 2 N–H and O–H groups in total. The van der Waals surface area contributed by atoms with Crippen LogP contribution in [0.3, 0.4) is 0 Å². The summed E-state index contributed by atoms with van der Waals surface area (Å²) < 4.78 is 2.27. The van der Waals surface area contributed by atoms with E-state index in [1.165, 1.54) is 54.1 Å². The van der Waals surface area contributed by atoms with Crippen molar-refractivity contribution < 1.29 is 0 Å². The molecule has 1 aliphatic rings. The largest absolute Gasteiger partial charge is 0.350 e. The van der Waals surface area contributed by atoms with Gasteiger partial charge >= 0.3 is 0 Å². The maximum atomic E-state index is 6.63. The van der Waals surface area contributed by atoms with Crippen LogP contribution in [0, 0.1) is 5.92 Å². The molecule has 108 valence electrons. The summed E-state index contributed by atoms with van der Waals surface area (Å²) in [6.45, 7) is 2.22. The van der Waals surface area contributed by atoms with Gasteiger partial charge in [0.15, 0.2) is 0 Å². The lowest BCUT2D eigenvalue weighted by molar-refractivity contribution is 0.309. The van der Waals surface area contributed by atoms with Crippen molar-refractivity contribution in [1.82, 2.24) is 4.57 Å². The Morgan fingerprint density at radius 2 is 2.00 bits per heavy atom. The monoisotopic (exact) mass is 270 g/mol. The molecule has 1 fully saturated rings. The van der Waals surface area contributed by atoms with Gasteiger partial charge in [-0.25, -0.2) is 0 Å². The van der Waals surface area contributed by atoms with Crippen LogP contribution < -0.4 is 5.73 Å². The summed E-state index contributed by atoms with van der Waals surface area (Å²) in [5, 5.41) is 1.37. The average Bonchev–Trinajstić information content (AvgIpc) is 2.85. The molecule has 1 heterocycles. The van der Waals surface area contributed by atoms with Crippen molar-refractivity contribution in [2.75, 3.05) is 0 Å². The van der Waals surface area contributed by atoms with Crippen LogP contribution in [0.2, 0.25) is 0 Å². The van der Waals surface area contributed by atoms with E-state index < -0.39 is 0 Å². The molecule has 0 saturated heterocycles. The number of nitrogens with two attached hydrogens (primary N) is 1. The predicted molar refractivity (Wildman–Crippen MR) is 85.8 cm³/mol. The van der Waals surface area contributed by atoms with Crippen molar-refractivity contribution >= 4 is 10.9 Å². The Bertz CT molecular complexity index is 591. The first-order valence-corrected chi connectivity index (χ1v) is 8.04. The first-order valence-electron chi connectivity index (χ1n) is 8.04. The van der Waals surface area contributed by atoms with E-state index in [1.807, 2.05) is 0 Å². The van der Waals surface area contributed by atoms with Gasteiger partial charge in [0.1, 0.15) is 0 Å². The second-order valence-corrected chi connectivity index (χ2v) is 6.29. The van der Waals surface area contributed by atoms with Crippen LogP contribution in [0.5, 0.6) is 0 Å². The van der Waals surface area contributed by atoms with E-state index in [4.69, 9.17) is 5.73 Å². The van der Waals surface area contributed by atoms with Gasteiger partial charge in [0, 0.05) is 24.7 Å². The standard InChI is InChI=1S/C18H26N2/c1-3-13-10-7-11-15-16(12-20(2)18(13)15)17(19)14-8-5-4-6-9-14/h7,10-12,14,17H,3-6,8-9,19H2,1-2H3. The van der Waals surface area contributed by atoms with E-state index in [0.717, 1.165) is 6.42 Å². The Hall–Kier alpha value is -1.28. The van der Waals surface area contributed by atoms with E-state index in [2.05, 4.69) is 42.9 Å². The average molecular weight is 270 g/mol. The molecular weight excluding hydrogens is 244 g/mol. The Labute approximate surface area is 122 Å². The van der Waals surface area contributed by atoms with Crippen LogP contribution in [-0.2, 0) is 13.5 Å². The number of hydrogen-bond acceptors (Lipinski definition) is 1. The molecule has 0 radical (unpaired) electrons. The molecule has 0 amide bonds. The van der Waals surface area contributed by atoms with Crippen LogP contribution in [0.15, 0.2) is 24.4 Å². The summed E-state index contributed by atoms with van der Waals surface area (Å²) in [7, 11) is 2.15. The Kier molecular flexibility index (Phi) is 3.84. The molecule has 1 unspecified atom stereocenters. The van der Waals surface area contributed by atoms with Gasteiger partial charge < -0.3 is 10.3 Å². The quantitative estimate of drug-likeness (QED) is 0.884. The Morgan fingerprint density at radius 3 is 2.70 bits per heavy atom. The first-order chi connectivity index (χ1) is 9.72. The SMILES string of the molecule is CCc1cccc2c(C(N)C3CCCCC3)cn(C)c12. The molecule has 2 aromatic rings. The highest BCUT2D eigenvalue weighted by Gasteiger charge is 2.24. The van der Waals surface area contributed by atoms with Crippen LogP contribution in [0.25, 0.3) is 10.9 Å². The minimum absolute atomic E-state index is 0.200. The van der Waals surface area contributed by atoms with Gasteiger partial charge in [-0.2, -0.15) is 0 Å². The smallest absolute Gasteiger partial charge is 0.0513 e. The molecule has 2 heteroatoms. The zero-order chi connectivity index (χ0) is 14.1. The number of aryl methyl sites for hydroxylation is 2. The molecular formula is C18H26N2. The molecule has 1 aromatic heterocycles. The number of rotatable bonds is 3. The van der Waals surface area contributed by atoms with Gasteiger partial charge in [-0.1, -0.05) is 44.4 Å². The summed E-state index contributed by atoms with van der Waals surface area (Å²) in [6, 6.07) is 6.86. The summed E-state index contributed by atoms with van der Waals surface area (Å²) >= 11 is 0. The van der Waals surface area contributed by atoms with E-state index in [1.54, 1.807) is 0 Å². The summed E-state index contributed by atoms with van der Waals surface area (Å²) in [5.41, 5.74) is 10.8. The highest BCUT2D eigenvalue weighted by molar-refractivity contribution is 5.87. The second-order valence-electron chi connectivity index (χ2n) is 6.29. The lowest BCUT2D eigenvalue weighted by Gasteiger charge is -2.27. The van der Waals surface area contributed by atoms with Crippen molar-refractivity contribution in [1.29, 1.82) is 0 Å². The number of benzene rings is 1. The van der Waals surface area contributed by atoms with Gasteiger partial charge in [-0.3, -0.25) is 0 Å². The summed E-state index contributed by atoms with van der Waals surface area (Å²) in [6.07, 6.45) is 10.0. The minimum Gasteiger partial charge on any atom is -0.350 e. The molecule has 0 aliphatic heterocycles. The number of para-hydroxylation sites is 1. The maximum absolute atomic E-state index is 6.63. The van der Waals surface area contributed by atoms with Crippen LogP contribution in [-0.4, -0.2) is 4.57 Å². The van der Waals surface area contributed by atoms with Crippen LogP contribution in [0.4, 0.5) is 0 Å². The van der Waals surface area contributed by atoms with Gasteiger partial charge in [0.05, 0.1) is 5.52 Å². The van der Waals surface area contributed by atoms with E-state index in [0.29, 0.717) is 5.92 Å². The molecule has 0 spiro atoms. The molecule has 20 heavy (non-hydrogen) atoms. The van der Waals surface area contributed by atoms with Crippen molar-refractivity contribution in [3.8, 4) is 0 Å². The highest BCUT2D eigenvalue weighted by Crippen LogP contribution is 2.37. The zero-order valence-corrected chi connectivity index (χ0v) is 12.7. The fraction of sp³-hybridized carbons (Fsp3) is 0.556. The summed E-state index contributed by atoms with van der Waals surface area (Å²) in [5.74, 6) is 0.666. The summed E-state index contributed by atoms with van der Waals surface area (Å²) in [4.78, 5) is 0. The fourth-order valence-electron chi connectivity index (χ4n) is 3.88.